The normalized spacial score (nSPS) is 20.7. The molecule has 0 spiro atoms. The van der Waals surface area contributed by atoms with Gasteiger partial charge in [-0.25, -0.2) is 9.59 Å². The zero-order valence-electron chi connectivity index (χ0n) is 21.7. The quantitative estimate of drug-likeness (QED) is 0.357. The maximum absolute atomic E-state index is 12.3. The second-order valence-corrected chi connectivity index (χ2v) is 9.79. The summed E-state index contributed by atoms with van der Waals surface area (Å²) in [6.45, 7) is 7.01. The molecular formula is C27H38N2O9. The molecule has 11 nitrogen and oxygen atoms in total. The van der Waals surface area contributed by atoms with Crippen LogP contribution in [0.3, 0.4) is 0 Å². The average molecular weight is 535 g/mol. The maximum atomic E-state index is 12.3. The highest BCUT2D eigenvalue weighted by molar-refractivity contribution is 5.92. The summed E-state index contributed by atoms with van der Waals surface area (Å²) in [5, 5.41) is 32.5. The lowest BCUT2D eigenvalue weighted by Crippen LogP contribution is -2.46. The Labute approximate surface area is 222 Å². The van der Waals surface area contributed by atoms with Gasteiger partial charge in [-0.15, -0.1) is 0 Å². The first-order chi connectivity index (χ1) is 18.2. The van der Waals surface area contributed by atoms with E-state index in [0.29, 0.717) is 32.4 Å². The molecule has 0 aromatic heterocycles. The summed E-state index contributed by atoms with van der Waals surface area (Å²) in [5.74, 6) is -2.54. The molecule has 2 aliphatic heterocycles. The first kappa shape index (κ1) is 29.6. The van der Waals surface area contributed by atoms with Crippen LogP contribution in [0.5, 0.6) is 5.75 Å². The fraction of sp³-hybridized carbons (Fsp3) is 0.593. The van der Waals surface area contributed by atoms with Crippen molar-refractivity contribution < 1.29 is 44.3 Å². The van der Waals surface area contributed by atoms with Gasteiger partial charge in [-0.2, -0.15) is 0 Å². The molecule has 2 unspecified atom stereocenters. The predicted octanol–water partition coefficient (Wildman–Crippen LogP) is 1.14. The van der Waals surface area contributed by atoms with Crippen LogP contribution >= 0.6 is 0 Å². The third-order valence-electron chi connectivity index (χ3n) is 7.15. The molecule has 4 N–H and O–H groups in total. The lowest BCUT2D eigenvalue weighted by atomic mass is 9.90. The van der Waals surface area contributed by atoms with E-state index in [0.717, 1.165) is 35.8 Å². The third kappa shape index (κ3) is 8.52. The van der Waals surface area contributed by atoms with E-state index in [4.69, 9.17) is 29.9 Å². The van der Waals surface area contributed by atoms with Crippen LogP contribution in [0.4, 0.5) is 0 Å². The van der Waals surface area contributed by atoms with Gasteiger partial charge in [0.1, 0.15) is 11.9 Å². The number of carbonyl (C=O) groups excluding carboxylic acids is 1. The van der Waals surface area contributed by atoms with Crippen LogP contribution in [0.25, 0.3) is 6.08 Å². The van der Waals surface area contributed by atoms with E-state index in [1.807, 2.05) is 17.0 Å². The van der Waals surface area contributed by atoms with Gasteiger partial charge in [0.05, 0.1) is 13.2 Å². The molecule has 2 heterocycles. The Balaban J connectivity index is 0.000000342. The molecule has 0 bridgehead atoms. The summed E-state index contributed by atoms with van der Waals surface area (Å²) in [6, 6.07) is 7.02. The monoisotopic (exact) mass is 534 g/mol. The number of aliphatic hydroxyl groups excluding tert-OH is 2. The number of ether oxygens (including phenoxy) is 2. The number of nitrogens with zero attached hydrogens (tertiary/aromatic N) is 2. The van der Waals surface area contributed by atoms with E-state index in [-0.39, 0.29) is 5.91 Å². The molecular weight excluding hydrogens is 496 g/mol. The molecule has 4 rings (SSSR count). The number of carboxylic acids is 2. The van der Waals surface area contributed by atoms with Crippen LogP contribution in [0.2, 0.25) is 0 Å². The summed E-state index contributed by atoms with van der Waals surface area (Å²) in [6.07, 6.45) is 5.77. The Morgan fingerprint density at radius 1 is 0.974 bits per heavy atom. The third-order valence-corrected chi connectivity index (χ3v) is 7.15. The second kappa shape index (κ2) is 14.2. The number of carbonyl (C=O) groups is 3. The number of aryl methyl sites for hydroxylation is 1. The number of rotatable bonds is 8. The van der Waals surface area contributed by atoms with E-state index in [1.54, 1.807) is 6.08 Å². The fourth-order valence-corrected chi connectivity index (χ4v) is 4.53. The minimum atomic E-state index is -2.27. The number of carboxylic acid groups (broad SMARTS) is 2. The van der Waals surface area contributed by atoms with E-state index in [1.165, 1.54) is 32.4 Å². The van der Waals surface area contributed by atoms with Crippen molar-refractivity contribution in [2.45, 2.75) is 63.4 Å². The number of amides is 1. The van der Waals surface area contributed by atoms with Gasteiger partial charge in [0.15, 0.2) is 12.2 Å². The fourth-order valence-electron chi connectivity index (χ4n) is 4.53. The van der Waals surface area contributed by atoms with Crippen molar-refractivity contribution in [1.82, 2.24) is 9.80 Å². The first-order valence-corrected chi connectivity index (χ1v) is 13.0. The van der Waals surface area contributed by atoms with E-state index in [9.17, 15) is 14.4 Å². The highest BCUT2D eigenvalue weighted by Crippen LogP contribution is 2.29. The van der Waals surface area contributed by atoms with Crippen molar-refractivity contribution >= 4 is 23.9 Å². The minimum absolute atomic E-state index is 0.0567. The van der Waals surface area contributed by atoms with Crippen LogP contribution in [0.15, 0.2) is 24.3 Å². The van der Waals surface area contributed by atoms with Crippen molar-refractivity contribution in [2.24, 2.45) is 0 Å². The number of piperidine rings is 1. The number of aliphatic hydroxyl groups is 2. The summed E-state index contributed by atoms with van der Waals surface area (Å²) >= 11 is 0. The number of hydrogen-bond donors (Lipinski definition) is 4. The van der Waals surface area contributed by atoms with Crippen molar-refractivity contribution in [1.29, 1.82) is 0 Å². The molecule has 38 heavy (non-hydrogen) atoms. The van der Waals surface area contributed by atoms with Gasteiger partial charge in [-0.05, 0) is 61.9 Å². The summed E-state index contributed by atoms with van der Waals surface area (Å²) in [4.78, 5) is 36.3. The molecule has 1 aliphatic carbocycles. The molecule has 1 amide bonds. The van der Waals surface area contributed by atoms with Gasteiger partial charge in [0, 0.05) is 38.3 Å². The molecule has 1 saturated carbocycles. The van der Waals surface area contributed by atoms with E-state index < -0.39 is 24.1 Å². The number of hydrogen-bond acceptors (Lipinski definition) is 8. The van der Waals surface area contributed by atoms with Gasteiger partial charge < -0.3 is 39.7 Å². The Morgan fingerprint density at radius 2 is 1.58 bits per heavy atom. The zero-order valence-corrected chi connectivity index (χ0v) is 21.7. The summed E-state index contributed by atoms with van der Waals surface area (Å²) in [5.41, 5.74) is 2.20. The molecule has 1 aromatic rings. The molecule has 3 fully saturated rings. The summed E-state index contributed by atoms with van der Waals surface area (Å²) in [7, 11) is 0. The molecule has 2 atom stereocenters. The van der Waals surface area contributed by atoms with Crippen LogP contribution in [0.1, 0.15) is 43.2 Å². The van der Waals surface area contributed by atoms with Crippen LogP contribution in [-0.2, 0) is 19.1 Å². The molecule has 2 saturated heterocycles. The molecule has 210 valence electrons. The number of aliphatic carboxylic acids is 2. The Bertz CT molecular complexity index is 963. The van der Waals surface area contributed by atoms with Gasteiger partial charge >= 0.3 is 11.9 Å². The van der Waals surface area contributed by atoms with Gasteiger partial charge in [0.2, 0.25) is 5.91 Å². The zero-order chi connectivity index (χ0) is 27.7. The SMILES string of the molecule is Cc1cc(OC2CCN(C3CCC3)CC2)ccc1C=CC(=O)N1CCOCC1.O=C(O)C(O)C(O)C(=O)O. The second-order valence-electron chi connectivity index (χ2n) is 9.79. The first-order valence-electron chi connectivity index (χ1n) is 13.0. The Kier molecular flexibility index (Phi) is 11.1. The smallest absolute Gasteiger partial charge is 0.335 e. The van der Waals surface area contributed by atoms with Gasteiger partial charge in [0.25, 0.3) is 0 Å². The van der Waals surface area contributed by atoms with Crippen LogP contribution in [-0.4, -0.2) is 112 Å². The maximum Gasteiger partial charge on any atom is 0.335 e. The van der Waals surface area contributed by atoms with Gasteiger partial charge in [-0.3, -0.25) is 4.79 Å². The minimum Gasteiger partial charge on any atom is -0.490 e. The largest absolute Gasteiger partial charge is 0.490 e. The predicted molar refractivity (Wildman–Crippen MR) is 138 cm³/mol. The van der Waals surface area contributed by atoms with E-state index >= 15 is 0 Å². The van der Waals surface area contributed by atoms with Crippen LogP contribution < -0.4 is 4.74 Å². The van der Waals surface area contributed by atoms with Crippen molar-refractivity contribution in [3.63, 3.8) is 0 Å². The number of morpholine rings is 1. The highest BCUT2D eigenvalue weighted by atomic mass is 16.5. The average Bonchev–Trinajstić information content (AvgIpc) is 2.88. The standard InChI is InChI=1S/C23H32N2O3.C4H6O6/c1-18-17-22(28-21-9-11-24(12-10-21)20-3-2-4-20)7-5-19(18)6-8-23(26)25-13-15-27-16-14-25;5-1(3(7)8)2(6)4(9)10/h5-8,17,20-21H,2-4,9-16H2,1H3;1-2,5-6H,(H,7,8)(H,9,10). The molecule has 11 heteroatoms. The number of likely N-dealkylation sites (tertiary alicyclic amines) is 1. The lowest BCUT2D eigenvalue weighted by molar-refractivity contribution is -0.165. The van der Waals surface area contributed by atoms with Gasteiger partial charge in [-0.1, -0.05) is 12.5 Å². The van der Waals surface area contributed by atoms with E-state index in [2.05, 4.69) is 24.0 Å². The van der Waals surface area contributed by atoms with Crippen molar-refractivity contribution in [3.8, 4) is 5.75 Å². The molecule has 3 aliphatic rings. The Hall–Kier alpha value is -2.99. The Morgan fingerprint density at radius 3 is 2.08 bits per heavy atom. The topological polar surface area (TPSA) is 157 Å². The number of benzene rings is 1. The van der Waals surface area contributed by atoms with Crippen LogP contribution in [0, 0.1) is 6.92 Å². The molecule has 0 radical (unpaired) electrons. The molecule has 1 aromatic carbocycles. The summed E-state index contributed by atoms with van der Waals surface area (Å²) < 4.78 is 11.6. The highest BCUT2D eigenvalue weighted by Gasteiger charge is 2.30. The van der Waals surface area contributed by atoms with Crippen molar-refractivity contribution in [3.05, 3.63) is 35.4 Å². The lowest BCUT2D eigenvalue weighted by Gasteiger charge is -2.41. The van der Waals surface area contributed by atoms with Crippen molar-refractivity contribution in [2.75, 3.05) is 39.4 Å².